The van der Waals surface area contributed by atoms with E-state index in [0.717, 1.165) is 37.2 Å². The van der Waals surface area contributed by atoms with Gasteiger partial charge in [-0.3, -0.25) is 18.8 Å². The molecule has 7 heteroatoms. The van der Waals surface area contributed by atoms with Gasteiger partial charge in [-0.25, -0.2) is 9.78 Å². The van der Waals surface area contributed by atoms with E-state index in [1.54, 1.807) is 13.4 Å². The smallest absolute Gasteiger partial charge is 0.325 e. The molecular weight excluding hydrogens is 342 g/mol. The minimum Gasteiger partial charge on any atom is -0.325 e. The Bertz CT molecular complexity index is 1060. The molecule has 0 N–H and O–H groups in total. The van der Waals surface area contributed by atoms with Crippen molar-refractivity contribution in [1.82, 2.24) is 23.6 Å². The van der Waals surface area contributed by atoms with Gasteiger partial charge in [0.1, 0.15) is 0 Å². The standard InChI is InChI=1S/C20H25N5O2/c1-22-18-17(19(26)23(2)20(22)27)25(14-21-18)11-9-16-8-10-24(13-16)12-15-6-4-3-5-7-15/h3-7,14,16H,8-13H2,1-2H3. The molecule has 27 heavy (non-hydrogen) atoms. The van der Waals surface area contributed by atoms with Gasteiger partial charge in [0.15, 0.2) is 11.2 Å². The van der Waals surface area contributed by atoms with Crippen LogP contribution in [0.3, 0.4) is 0 Å². The third-order valence-electron chi connectivity index (χ3n) is 5.61. The van der Waals surface area contributed by atoms with Crippen LogP contribution in [0.4, 0.5) is 0 Å². The second kappa shape index (κ2) is 7.15. The van der Waals surface area contributed by atoms with Crippen LogP contribution in [0, 0.1) is 5.92 Å². The van der Waals surface area contributed by atoms with E-state index in [1.807, 2.05) is 10.6 Å². The zero-order chi connectivity index (χ0) is 19.0. The molecule has 1 aliphatic rings. The molecule has 1 fully saturated rings. The van der Waals surface area contributed by atoms with Crippen molar-refractivity contribution >= 4 is 11.2 Å². The summed E-state index contributed by atoms with van der Waals surface area (Å²) < 4.78 is 4.49. The molecule has 0 amide bonds. The van der Waals surface area contributed by atoms with Crippen molar-refractivity contribution in [2.45, 2.75) is 25.9 Å². The fourth-order valence-corrected chi connectivity index (χ4v) is 4.02. The van der Waals surface area contributed by atoms with E-state index in [9.17, 15) is 9.59 Å². The van der Waals surface area contributed by atoms with Crippen molar-refractivity contribution in [1.29, 1.82) is 0 Å². The van der Waals surface area contributed by atoms with E-state index in [-0.39, 0.29) is 11.2 Å². The number of benzene rings is 1. The molecule has 1 saturated heterocycles. The van der Waals surface area contributed by atoms with Gasteiger partial charge in [-0.2, -0.15) is 0 Å². The predicted molar refractivity (Wildman–Crippen MR) is 105 cm³/mol. The predicted octanol–water partition coefficient (Wildman–Crippen LogP) is 1.35. The molecule has 1 unspecified atom stereocenters. The third-order valence-corrected chi connectivity index (χ3v) is 5.61. The van der Waals surface area contributed by atoms with E-state index in [1.165, 1.54) is 23.6 Å². The van der Waals surface area contributed by atoms with Crippen molar-refractivity contribution in [2.24, 2.45) is 20.0 Å². The van der Waals surface area contributed by atoms with Crippen molar-refractivity contribution in [2.75, 3.05) is 13.1 Å². The lowest BCUT2D eigenvalue weighted by Crippen LogP contribution is -2.37. The first kappa shape index (κ1) is 17.7. The van der Waals surface area contributed by atoms with E-state index in [2.05, 4.69) is 34.1 Å². The van der Waals surface area contributed by atoms with Crippen LogP contribution in [0.25, 0.3) is 11.2 Å². The van der Waals surface area contributed by atoms with Crippen LogP contribution in [-0.2, 0) is 27.2 Å². The van der Waals surface area contributed by atoms with E-state index >= 15 is 0 Å². The minimum atomic E-state index is -0.343. The van der Waals surface area contributed by atoms with Crippen molar-refractivity contribution in [3.8, 4) is 0 Å². The Balaban J connectivity index is 1.44. The minimum absolute atomic E-state index is 0.275. The van der Waals surface area contributed by atoms with E-state index in [0.29, 0.717) is 17.1 Å². The molecule has 3 heterocycles. The first-order chi connectivity index (χ1) is 13.0. The number of hydrogen-bond donors (Lipinski definition) is 0. The number of hydrogen-bond acceptors (Lipinski definition) is 4. The quantitative estimate of drug-likeness (QED) is 0.683. The Kier molecular flexibility index (Phi) is 4.70. The SMILES string of the molecule is Cn1c(=O)c2c(ncn2CCC2CCN(Cc3ccccc3)C2)n(C)c1=O. The Morgan fingerprint density at radius 3 is 2.67 bits per heavy atom. The summed E-state index contributed by atoms with van der Waals surface area (Å²) in [6.45, 7) is 3.93. The molecule has 7 nitrogen and oxygen atoms in total. The molecule has 1 aliphatic heterocycles. The fourth-order valence-electron chi connectivity index (χ4n) is 4.02. The van der Waals surface area contributed by atoms with Gasteiger partial charge in [0, 0.05) is 33.7 Å². The first-order valence-electron chi connectivity index (χ1n) is 9.41. The van der Waals surface area contributed by atoms with Crippen molar-refractivity contribution in [3.63, 3.8) is 0 Å². The van der Waals surface area contributed by atoms with Gasteiger partial charge in [0.2, 0.25) is 0 Å². The highest BCUT2D eigenvalue weighted by molar-refractivity contribution is 5.69. The van der Waals surface area contributed by atoms with E-state index in [4.69, 9.17) is 0 Å². The van der Waals surface area contributed by atoms with Crippen molar-refractivity contribution in [3.05, 3.63) is 63.1 Å². The maximum Gasteiger partial charge on any atom is 0.332 e. The van der Waals surface area contributed by atoms with Crippen molar-refractivity contribution < 1.29 is 0 Å². The lowest BCUT2D eigenvalue weighted by atomic mass is 10.1. The van der Waals surface area contributed by atoms with Gasteiger partial charge in [-0.05, 0) is 30.9 Å². The Labute approximate surface area is 157 Å². The normalized spacial score (nSPS) is 17.8. The van der Waals surface area contributed by atoms with Crippen LogP contribution in [0.5, 0.6) is 0 Å². The fraction of sp³-hybridized carbons (Fsp3) is 0.450. The topological polar surface area (TPSA) is 65.1 Å². The lowest BCUT2D eigenvalue weighted by molar-refractivity contribution is 0.310. The van der Waals surface area contributed by atoms with Gasteiger partial charge >= 0.3 is 5.69 Å². The summed E-state index contributed by atoms with van der Waals surface area (Å²) in [6.07, 6.45) is 3.86. The summed E-state index contributed by atoms with van der Waals surface area (Å²) in [5.74, 6) is 0.613. The second-order valence-electron chi connectivity index (χ2n) is 7.48. The molecule has 0 aliphatic carbocycles. The Hall–Kier alpha value is -2.67. The molecule has 4 rings (SSSR count). The summed E-state index contributed by atoms with van der Waals surface area (Å²) in [5.41, 5.74) is 1.70. The van der Waals surface area contributed by atoms with Crippen LogP contribution in [0.2, 0.25) is 0 Å². The molecule has 0 bridgehead atoms. The second-order valence-corrected chi connectivity index (χ2v) is 7.48. The van der Waals surface area contributed by atoms with Gasteiger partial charge in [0.05, 0.1) is 6.33 Å². The largest absolute Gasteiger partial charge is 0.332 e. The highest BCUT2D eigenvalue weighted by Crippen LogP contribution is 2.22. The zero-order valence-corrected chi connectivity index (χ0v) is 15.8. The molecule has 3 aromatic rings. The number of likely N-dealkylation sites (tertiary alicyclic amines) is 1. The molecule has 0 radical (unpaired) electrons. The van der Waals surface area contributed by atoms with Crippen LogP contribution in [-0.4, -0.2) is 36.7 Å². The number of nitrogens with zero attached hydrogens (tertiary/aromatic N) is 5. The summed E-state index contributed by atoms with van der Waals surface area (Å²) in [4.78, 5) is 31.3. The average molecular weight is 367 g/mol. The number of rotatable bonds is 5. The molecule has 0 spiro atoms. The number of aromatic nitrogens is 4. The molecule has 2 aromatic heterocycles. The Morgan fingerprint density at radius 2 is 1.89 bits per heavy atom. The first-order valence-corrected chi connectivity index (χ1v) is 9.41. The maximum absolute atomic E-state index is 12.5. The lowest BCUT2D eigenvalue weighted by Gasteiger charge is -2.16. The molecular formula is C20H25N5O2. The summed E-state index contributed by atoms with van der Waals surface area (Å²) in [7, 11) is 3.17. The average Bonchev–Trinajstić information content (AvgIpc) is 3.30. The highest BCUT2D eigenvalue weighted by Gasteiger charge is 2.23. The van der Waals surface area contributed by atoms with Gasteiger partial charge in [0.25, 0.3) is 5.56 Å². The molecule has 1 aromatic carbocycles. The van der Waals surface area contributed by atoms with E-state index < -0.39 is 0 Å². The number of aryl methyl sites for hydroxylation is 2. The van der Waals surface area contributed by atoms with Crippen LogP contribution >= 0.6 is 0 Å². The summed E-state index contributed by atoms with van der Waals surface area (Å²) in [6, 6.07) is 10.6. The Morgan fingerprint density at radius 1 is 1.11 bits per heavy atom. The monoisotopic (exact) mass is 367 g/mol. The molecule has 0 saturated carbocycles. The van der Waals surface area contributed by atoms with Crippen LogP contribution in [0.1, 0.15) is 18.4 Å². The maximum atomic E-state index is 12.5. The highest BCUT2D eigenvalue weighted by atomic mass is 16.2. The summed E-state index contributed by atoms with van der Waals surface area (Å²) >= 11 is 0. The molecule has 1 atom stereocenters. The summed E-state index contributed by atoms with van der Waals surface area (Å²) in [5, 5.41) is 0. The van der Waals surface area contributed by atoms with Crippen LogP contribution in [0.15, 0.2) is 46.2 Å². The van der Waals surface area contributed by atoms with Crippen LogP contribution < -0.4 is 11.2 Å². The van der Waals surface area contributed by atoms with Gasteiger partial charge in [-0.1, -0.05) is 30.3 Å². The number of imidazole rings is 1. The zero-order valence-electron chi connectivity index (χ0n) is 15.8. The number of fused-ring (bicyclic) bond motifs is 1. The van der Waals surface area contributed by atoms with Gasteiger partial charge in [-0.15, -0.1) is 0 Å². The molecule has 142 valence electrons. The van der Waals surface area contributed by atoms with Gasteiger partial charge < -0.3 is 4.57 Å². The third kappa shape index (κ3) is 3.35.